The molecule has 6 heterocycles. The van der Waals surface area contributed by atoms with Crippen molar-refractivity contribution in [2.24, 2.45) is 0 Å². The highest BCUT2D eigenvalue weighted by Crippen LogP contribution is 2.38. The van der Waals surface area contributed by atoms with Gasteiger partial charge in [0.15, 0.2) is 11.5 Å². The van der Waals surface area contributed by atoms with Crippen molar-refractivity contribution in [3.05, 3.63) is 106 Å². The van der Waals surface area contributed by atoms with Crippen LogP contribution in [0, 0.1) is 0 Å². The zero-order valence-electron chi connectivity index (χ0n) is 33.7. The Kier molecular flexibility index (Phi) is 10.4. The van der Waals surface area contributed by atoms with Crippen LogP contribution in [-0.2, 0) is 34.7 Å². The van der Waals surface area contributed by atoms with Crippen molar-refractivity contribution in [2.45, 2.75) is 70.2 Å². The summed E-state index contributed by atoms with van der Waals surface area (Å²) in [5.74, 6) is -0.0105. The summed E-state index contributed by atoms with van der Waals surface area (Å²) in [4.78, 5) is 71.1. The number of nitrogens with zero attached hydrogens (tertiary/aromatic N) is 8. The van der Waals surface area contributed by atoms with Gasteiger partial charge in [0.25, 0.3) is 11.5 Å². The molecule has 4 N–H and O–H groups in total. The van der Waals surface area contributed by atoms with Crippen LogP contribution in [-0.4, -0.2) is 102 Å². The quantitative estimate of drug-likeness (QED) is 0.0768. The first-order chi connectivity index (χ1) is 29.1. The molecule has 2 atom stereocenters. The Hall–Kier alpha value is -6.39. The van der Waals surface area contributed by atoms with Gasteiger partial charge in [-0.25, -0.2) is 19.3 Å². The van der Waals surface area contributed by atoms with Gasteiger partial charge in [0, 0.05) is 74.5 Å². The van der Waals surface area contributed by atoms with E-state index in [0.717, 1.165) is 80.3 Å². The van der Waals surface area contributed by atoms with Gasteiger partial charge in [-0.05, 0) is 98.3 Å². The Labute approximate surface area is 346 Å². The minimum Gasteiger partial charge on any atom is -0.385 e. The molecule has 9 rings (SSSR count). The Bertz CT molecular complexity index is 2560. The molecule has 16 heteroatoms. The number of benzene rings is 2. The van der Waals surface area contributed by atoms with E-state index in [1.807, 2.05) is 49.4 Å². The van der Waals surface area contributed by atoms with Gasteiger partial charge in [-0.1, -0.05) is 19.1 Å². The molecule has 2 aromatic carbocycles. The second-order valence-corrected chi connectivity index (χ2v) is 16.0. The SMILES string of the molecule is C=CCn1c(=O)c2cnc(Nc3ccc(N4CCN(CCCNc5ccc6c(c5)CN(C5CCC(=O)NC5=O)C6=O)CC4)cc3)nc2n1-c1ccc2c(n1)[C@@](O)(CC)CC2. The first kappa shape index (κ1) is 39.1. The normalized spacial score (nSPS) is 20.4. The first-order valence-corrected chi connectivity index (χ1v) is 20.8. The van der Waals surface area contributed by atoms with Crippen molar-refractivity contribution in [1.29, 1.82) is 0 Å². The molecule has 0 radical (unpaired) electrons. The average Bonchev–Trinajstić information content (AvgIpc) is 3.87. The fraction of sp³-hybridized carbons (Fsp3) is 0.386. The summed E-state index contributed by atoms with van der Waals surface area (Å²) >= 11 is 0. The Morgan fingerprint density at radius 2 is 1.77 bits per heavy atom. The van der Waals surface area contributed by atoms with Crippen LogP contribution in [0.5, 0.6) is 0 Å². The van der Waals surface area contributed by atoms with Gasteiger partial charge in [0.2, 0.25) is 17.8 Å². The summed E-state index contributed by atoms with van der Waals surface area (Å²) in [6.45, 7) is 11.9. The van der Waals surface area contributed by atoms with E-state index in [1.165, 1.54) is 0 Å². The third-order valence-corrected chi connectivity index (χ3v) is 12.4. The summed E-state index contributed by atoms with van der Waals surface area (Å²) in [6, 6.07) is 17.2. The lowest BCUT2D eigenvalue weighted by Crippen LogP contribution is -2.52. The molecule has 0 spiro atoms. The average molecular weight is 812 g/mol. The van der Waals surface area contributed by atoms with Crippen LogP contribution in [0.4, 0.5) is 23.0 Å². The van der Waals surface area contributed by atoms with Crippen LogP contribution in [0.15, 0.2) is 78.2 Å². The number of hydrogen-bond acceptors (Lipinski definition) is 12. The van der Waals surface area contributed by atoms with Crippen LogP contribution in [0.1, 0.15) is 66.2 Å². The Morgan fingerprint density at radius 3 is 2.53 bits per heavy atom. The number of allylic oxidation sites excluding steroid dienone is 1. The third-order valence-electron chi connectivity index (χ3n) is 12.4. The van der Waals surface area contributed by atoms with Crippen LogP contribution in [0.2, 0.25) is 0 Å². The summed E-state index contributed by atoms with van der Waals surface area (Å²) in [5, 5.41) is 20.8. The number of amides is 3. The Morgan fingerprint density at radius 1 is 0.967 bits per heavy atom. The number of fused-ring (bicyclic) bond motifs is 3. The highest BCUT2D eigenvalue weighted by molar-refractivity contribution is 6.05. The highest BCUT2D eigenvalue weighted by atomic mass is 16.3. The molecule has 3 aliphatic heterocycles. The summed E-state index contributed by atoms with van der Waals surface area (Å²) in [7, 11) is 0. The predicted octanol–water partition coefficient (Wildman–Crippen LogP) is 3.84. The number of aliphatic hydroxyl groups is 1. The zero-order chi connectivity index (χ0) is 41.5. The largest absolute Gasteiger partial charge is 0.385 e. The van der Waals surface area contributed by atoms with E-state index in [0.29, 0.717) is 59.9 Å². The molecule has 16 nitrogen and oxygen atoms in total. The van der Waals surface area contributed by atoms with Gasteiger partial charge in [-0.15, -0.1) is 6.58 Å². The molecule has 1 aliphatic carbocycles. The minimum atomic E-state index is -0.997. The molecule has 0 bridgehead atoms. The molecule has 3 aromatic heterocycles. The van der Waals surface area contributed by atoms with Gasteiger partial charge in [0.05, 0.1) is 12.2 Å². The number of aryl methyl sites for hydroxylation is 1. The van der Waals surface area contributed by atoms with E-state index in [9.17, 15) is 24.3 Å². The molecule has 310 valence electrons. The van der Waals surface area contributed by atoms with E-state index >= 15 is 0 Å². The molecule has 1 unspecified atom stereocenters. The number of carbonyl (C=O) groups is 3. The molecule has 2 fully saturated rings. The van der Waals surface area contributed by atoms with Crippen LogP contribution < -0.4 is 26.4 Å². The minimum absolute atomic E-state index is 0.164. The van der Waals surface area contributed by atoms with Gasteiger partial charge in [0.1, 0.15) is 17.0 Å². The van der Waals surface area contributed by atoms with Gasteiger partial charge < -0.3 is 25.5 Å². The van der Waals surface area contributed by atoms with Crippen LogP contribution >= 0.6 is 0 Å². The molecule has 2 saturated heterocycles. The number of nitrogens with one attached hydrogen (secondary N) is 3. The Balaban J connectivity index is 0.780. The summed E-state index contributed by atoms with van der Waals surface area (Å²) < 4.78 is 3.23. The van der Waals surface area contributed by atoms with E-state index in [2.05, 4.69) is 49.4 Å². The fourth-order valence-electron chi connectivity index (χ4n) is 8.95. The van der Waals surface area contributed by atoms with Crippen molar-refractivity contribution < 1.29 is 19.5 Å². The third kappa shape index (κ3) is 7.30. The molecule has 60 heavy (non-hydrogen) atoms. The number of rotatable bonds is 13. The first-order valence-electron chi connectivity index (χ1n) is 20.8. The molecule has 3 amide bonds. The van der Waals surface area contributed by atoms with E-state index in [4.69, 9.17) is 9.97 Å². The van der Waals surface area contributed by atoms with Crippen molar-refractivity contribution in [3.8, 4) is 5.82 Å². The standard InChI is InChI=1S/C44H49N11O5/c1-3-19-54-42(59)34-26-46-43(50-39(34)55(54)36-14-6-28-16-17-44(60,4-2)38(28)48-36)47-30-7-10-32(11-8-30)52-23-21-51(22-24-52)20-5-18-45-31-9-12-33-29(25-31)27-53(41(33)58)35-13-15-37(56)49-40(35)57/h3,6-12,14,25-26,35,45,60H,1,4-5,13,15-24,27H2,2H3,(H,46,47,50)(H,49,56,57)/t35?,44-/m1/s1. The number of carbonyl (C=O) groups excluding carboxylic acids is 3. The summed E-state index contributed by atoms with van der Waals surface area (Å²) in [6.07, 6.45) is 6.68. The maximum absolute atomic E-state index is 13.5. The molecular formula is C44H49N11O5. The maximum atomic E-state index is 13.5. The van der Waals surface area contributed by atoms with E-state index < -0.39 is 17.6 Å². The van der Waals surface area contributed by atoms with Gasteiger partial charge >= 0.3 is 0 Å². The lowest BCUT2D eigenvalue weighted by atomic mass is 9.98. The zero-order valence-corrected chi connectivity index (χ0v) is 33.7. The van der Waals surface area contributed by atoms with Crippen molar-refractivity contribution in [1.82, 2.24) is 39.4 Å². The number of pyridine rings is 1. The molecular weight excluding hydrogens is 763 g/mol. The number of aromatic nitrogens is 5. The van der Waals surface area contributed by atoms with Crippen molar-refractivity contribution >= 4 is 51.8 Å². The highest BCUT2D eigenvalue weighted by Gasteiger charge is 2.39. The van der Waals surface area contributed by atoms with Crippen molar-refractivity contribution in [3.63, 3.8) is 0 Å². The monoisotopic (exact) mass is 811 g/mol. The maximum Gasteiger partial charge on any atom is 0.278 e. The van der Waals surface area contributed by atoms with E-state index in [1.54, 1.807) is 26.5 Å². The number of piperidine rings is 1. The predicted molar refractivity (Wildman–Crippen MR) is 228 cm³/mol. The van der Waals surface area contributed by atoms with Crippen LogP contribution in [0.3, 0.4) is 0 Å². The number of piperazine rings is 1. The number of imide groups is 1. The second kappa shape index (κ2) is 16.0. The lowest BCUT2D eigenvalue weighted by Gasteiger charge is -2.36. The van der Waals surface area contributed by atoms with Gasteiger partial charge in [-0.2, -0.15) is 4.98 Å². The van der Waals surface area contributed by atoms with E-state index in [-0.39, 0.29) is 30.3 Å². The second-order valence-electron chi connectivity index (χ2n) is 16.0. The van der Waals surface area contributed by atoms with Crippen molar-refractivity contribution in [2.75, 3.05) is 54.8 Å². The smallest absolute Gasteiger partial charge is 0.278 e. The summed E-state index contributed by atoms with van der Waals surface area (Å²) in [5.41, 5.74) is 5.24. The molecule has 0 saturated carbocycles. The topological polar surface area (TPSA) is 183 Å². The molecule has 4 aliphatic rings. The van der Waals surface area contributed by atoms with Crippen LogP contribution in [0.25, 0.3) is 16.9 Å². The van der Waals surface area contributed by atoms with Gasteiger partial charge in [-0.3, -0.25) is 29.4 Å². The number of hydrogen-bond donors (Lipinski definition) is 4. The molecule has 5 aromatic rings. The fourth-order valence-corrected chi connectivity index (χ4v) is 8.95. The lowest BCUT2D eigenvalue weighted by molar-refractivity contribution is -0.136. The number of anilines is 4.